The summed E-state index contributed by atoms with van der Waals surface area (Å²) < 4.78 is 25.2. The zero-order chi connectivity index (χ0) is 19.6. The molecule has 3 N–H and O–H groups in total. The molecule has 2 aromatic carbocycles. The van der Waals surface area contributed by atoms with Gasteiger partial charge in [0.15, 0.2) is 0 Å². The molecule has 0 radical (unpaired) electrons. The summed E-state index contributed by atoms with van der Waals surface area (Å²) in [5.41, 5.74) is 7.77. The Labute approximate surface area is 157 Å². The van der Waals surface area contributed by atoms with Gasteiger partial charge in [-0.1, -0.05) is 30.3 Å². The number of nitrogen functional groups attached to an aromatic ring is 1. The minimum atomic E-state index is -3.37. The Balaban J connectivity index is 1.86. The van der Waals surface area contributed by atoms with Crippen LogP contribution in [0.2, 0.25) is 0 Å². The van der Waals surface area contributed by atoms with Crippen LogP contribution in [0.3, 0.4) is 0 Å². The number of hydrogen-bond acceptors (Lipinski definition) is 6. The number of nitrogens with zero attached hydrogens (tertiary/aromatic N) is 3. The summed E-state index contributed by atoms with van der Waals surface area (Å²) in [6.07, 6.45) is 1.08. The minimum absolute atomic E-state index is 0.0322. The first kappa shape index (κ1) is 18.6. The molecule has 0 aliphatic rings. The maximum atomic E-state index is 12.9. The number of fused-ring (bicyclic) bond motifs is 1. The van der Waals surface area contributed by atoms with E-state index < -0.39 is 10.0 Å². The maximum Gasteiger partial charge on any atom is 0.273 e. The standard InChI is InChI=1S/C18H19N5O3S/c1-23(11-12-6-5-7-13(10-12)22-27(2,25)26)17(24)16-14-8-3-4-9-15(14)20-18(19)21-16/h3-10,22H,11H2,1-2H3,(H2,19,20,21). The van der Waals surface area contributed by atoms with Crippen molar-refractivity contribution in [3.05, 3.63) is 59.8 Å². The number of hydrogen-bond donors (Lipinski definition) is 2. The third kappa shape index (κ3) is 4.50. The smallest absolute Gasteiger partial charge is 0.273 e. The largest absolute Gasteiger partial charge is 0.368 e. The van der Waals surface area contributed by atoms with E-state index in [0.717, 1.165) is 11.8 Å². The number of aromatic nitrogens is 2. The predicted molar refractivity (Wildman–Crippen MR) is 105 cm³/mol. The van der Waals surface area contributed by atoms with Crippen molar-refractivity contribution in [2.45, 2.75) is 6.54 Å². The van der Waals surface area contributed by atoms with Crippen LogP contribution in [-0.2, 0) is 16.6 Å². The fourth-order valence-corrected chi connectivity index (χ4v) is 3.29. The zero-order valence-electron chi connectivity index (χ0n) is 14.9. The lowest BCUT2D eigenvalue weighted by Gasteiger charge is -2.18. The first-order valence-corrected chi connectivity index (χ1v) is 9.96. The molecular formula is C18H19N5O3S. The van der Waals surface area contributed by atoms with Gasteiger partial charge in [-0.15, -0.1) is 0 Å². The summed E-state index contributed by atoms with van der Waals surface area (Å²) in [4.78, 5) is 22.6. The average Bonchev–Trinajstić information content (AvgIpc) is 2.59. The number of nitrogens with two attached hydrogens (primary N) is 1. The average molecular weight is 385 g/mol. The van der Waals surface area contributed by atoms with Crippen molar-refractivity contribution < 1.29 is 13.2 Å². The lowest BCUT2D eigenvalue weighted by atomic mass is 10.1. The molecule has 8 nitrogen and oxygen atoms in total. The maximum absolute atomic E-state index is 12.9. The highest BCUT2D eigenvalue weighted by atomic mass is 32.2. The Bertz CT molecular complexity index is 1110. The Morgan fingerprint density at radius 3 is 2.63 bits per heavy atom. The van der Waals surface area contributed by atoms with Crippen LogP contribution < -0.4 is 10.5 Å². The van der Waals surface area contributed by atoms with E-state index in [1.165, 1.54) is 4.90 Å². The second kappa shape index (κ2) is 7.20. The monoisotopic (exact) mass is 385 g/mol. The van der Waals surface area contributed by atoms with E-state index in [-0.39, 0.29) is 24.1 Å². The lowest BCUT2D eigenvalue weighted by Crippen LogP contribution is -2.27. The summed E-state index contributed by atoms with van der Waals surface area (Å²) >= 11 is 0. The summed E-state index contributed by atoms with van der Waals surface area (Å²) in [7, 11) is -1.73. The molecule has 27 heavy (non-hydrogen) atoms. The highest BCUT2D eigenvalue weighted by molar-refractivity contribution is 7.92. The fraction of sp³-hybridized carbons (Fsp3) is 0.167. The van der Waals surface area contributed by atoms with Crippen LogP contribution in [0.5, 0.6) is 0 Å². The molecule has 1 aromatic heterocycles. The van der Waals surface area contributed by atoms with Crippen LogP contribution in [0.15, 0.2) is 48.5 Å². The third-order valence-corrected chi connectivity index (χ3v) is 4.43. The van der Waals surface area contributed by atoms with Crippen LogP contribution in [0.4, 0.5) is 11.6 Å². The molecule has 0 aliphatic heterocycles. The quantitative estimate of drug-likeness (QED) is 0.692. The molecule has 0 spiro atoms. The van der Waals surface area contributed by atoms with Crippen LogP contribution in [0, 0.1) is 0 Å². The molecule has 1 amide bonds. The molecule has 0 bridgehead atoms. The van der Waals surface area contributed by atoms with Gasteiger partial charge in [0.2, 0.25) is 16.0 Å². The molecule has 3 aromatic rings. The van der Waals surface area contributed by atoms with Crippen molar-refractivity contribution in [2.24, 2.45) is 0 Å². The number of amides is 1. The summed E-state index contributed by atoms with van der Waals surface area (Å²) in [5, 5.41) is 0.621. The van der Waals surface area contributed by atoms with Crippen LogP contribution in [-0.4, -0.2) is 42.5 Å². The van der Waals surface area contributed by atoms with Gasteiger partial charge in [-0.3, -0.25) is 9.52 Å². The number of carbonyl (C=O) groups excluding carboxylic acids is 1. The summed E-state index contributed by atoms with van der Waals surface area (Å²) in [6, 6.07) is 14.0. The second-order valence-corrected chi connectivity index (χ2v) is 7.93. The Morgan fingerprint density at radius 1 is 1.15 bits per heavy atom. The van der Waals surface area contributed by atoms with Gasteiger partial charge >= 0.3 is 0 Å². The molecule has 0 aliphatic carbocycles. The Hall–Kier alpha value is -3.20. The molecule has 0 saturated carbocycles. The van der Waals surface area contributed by atoms with Crippen LogP contribution in [0.25, 0.3) is 10.9 Å². The van der Waals surface area contributed by atoms with E-state index in [1.807, 2.05) is 12.1 Å². The number of para-hydroxylation sites is 1. The predicted octanol–water partition coefficient (Wildman–Crippen LogP) is 1.86. The zero-order valence-corrected chi connectivity index (χ0v) is 15.7. The van der Waals surface area contributed by atoms with Crippen molar-refractivity contribution in [1.82, 2.24) is 14.9 Å². The molecule has 3 rings (SSSR count). The lowest BCUT2D eigenvalue weighted by molar-refractivity contribution is 0.0781. The van der Waals surface area contributed by atoms with Gasteiger partial charge in [-0.2, -0.15) is 0 Å². The molecule has 140 valence electrons. The highest BCUT2D eigenvalue weighted by Crippen LogP contribution is 2.19. The van der Waals surface area contributed by atoms with Gasteiger partial charge in [0.1, 0.15) is 5.69 Å². The topological polar surface area (TPSA) is 118 Å². The minimum Gasteiger partial charge on any atom is -0.368 e. The molecule has 0 atom stereocenters. The van der Waals surface area contributed by atoms with Gasteiger partial charge in [0.05, 0.1) is 11.8 Å². The van der Waals surface area contributed by atoms with Gasteiger partial charge < -0.3 is 10.6 Å². The number of anilines is 2. The van der Waals surface area contributed by atoms with Gasteiger partial charge in [0.25, 0.3) is 5.91 Å². The molecule has 0 unspecified atom stereocenters. The number of carbonyl (C=O) groups is 1. The number of rotatable bonds is 5. The number of sulfonamides is 1. The normalized spacial score (nSPS) is 11.3. The van der Waals surface area contributed by atoms with Gasteiger partial charge in [-0.05, 0) is 23.8 Å². The molecule has 0 fully saturated rings. The summed E-state index contributed by atoms with van der Waals surface area (Å²) in [5.74, 6) is -0.272. The molecule has 1 heterocycles. The second-order valence-electron chi connectivity index (χ2n) is 6.18. The van der Waals surface area contributed by atoms with E-state index in [0.29, 0.717) is 16.6 Å². The molecule has 0 saturated heterocycles. The first-order chi connectivity index (χ1) is 12.7. The number of nitrogens with one attached hydrogen (secondary N) is 1. The van der Waals surface area contributed by atoms with E-state index >= 15 is 0 Å². The van der Waals surface area contributed by atoms with E-state index in [2.05, 4.69) is 14.7 Å². The molecule has 9 heteroatoms. The Morgan fingerprint density at radius 2 is 1.89 bits per heavy atom. The van der Waals surface area contributed by atoms with Crippen LogP contribution in [0.1, 0.15) is 16.1 Å². The first-order valence-electron chi connectivity index (χ1n) is 8.07. The Kier molecular flexibility index (Phi) is 4.95. The van der Waals surface area contributed by atoms with Crippen molar-refractivity contribution in [3.63, 3.8) is 0 Å². The van der Waals surface area contributed by atoms with E-state index in [4.69, 9.17) is 5.73 Å². The van der Waals surface area contributed by atoms with Gasteiger partial charge in [0, 0.05) is 24.7 Å². The fourth-order valence-electron chi connectivity index (χ4n) is 2.73. The van der Waals surface area contributed by atoms with Crippen molar-refractivity contribution >= 4 is 38.5 Å². The third-order valence-electron chi connectivity index (χ3n) is 3.82. The van der Waals surface area contributed by atoms with Gasteiger partial charge in [-0.25, -0.2) is 18.4 Å². The van der Waals surface area contributed by atoms with Crippen molar-refractivity contribution in [3.8, 4) is 0 Å². The van der Waals surface area contributed by atoms with Crippen LogP contribution >= 0.6 is 0 Å². The summed E-state index contributed by atoms with van der Waals surface area (Å²) in [6.45, 7) is 0.274. The SMILES string of the molecule is CN(Cc1cccc(NS(C)(=O)=O)c1)C(=O)c1nc(N)nc2ccccc12. The number of benzene rings is 2. The van der Waals surface area contributed by atoms with E-state index in [9.17, 15) is 13.2 Å². The highest BCUT2D eigenvalue weighted by Gasteiger charge is 2.18. The van der Waals surface area contributed by atoms with E-state index in [1.54, 1.807) is 43.4 Å². The van der Waals surface area contributed by atoms with Crippen molar-refractivity contribution in [1.29, 1.82) is 0 Å². The molecular weight excluding hydrogens is 366 g/mol. The van der Waals surface area contributed by atoms with Crippen molar-refractivity contribution in [2.75, 3.05) is 23.8 Å².